The summed E-state index contributed by atoms with van der Waals surface area (Å²) in [5.74, 6) is 2.89. The summed E-state index contributed by atoms with van der Waals surface area (Å²) in [5.41, 5.74) is 13.9. The molecule has 8 bridgehead atoms. The molecule has 0 saturated carbocycles. The van der Waals surface area contributed by atoms with Gasteiger partial charge in [-0.2, -0.15) is 0 Å². The molecule has 0 fully saturated rings. The highest BCUT2D eigenvalue weighted by Gasteiger charge is 2.20. The molecular formula is C56H46N4O4. The highest BCUT2D eigenvalue weighted by atomic mass is 16.5. The number of nitrogens with zero attached hydrogens (tertiary/aromatic N) is 2. The predicted molar refractivity (Wildman–Crippen MR) is 263 cm³/mol. The number of rotatable bonds is 16. The van der Waals surface area contributed by atoms with Gasteiger partial charge >= 0.3 is 0 Å². The van der Waals surface area contributed by atoms with Crippen LogP contribution >= 0.6 is 0 Å². The number of hydrogen-bond donors (Lipinski definition) is 2. The van der Waals surface area contributed by atoms with Gasteiger partial charge in [0.05, 0.1) is 22.8 Å². The first-order valence-electron chi connectivity index (χ1n) is 21.1. The maximum absolute atomic E-state index is 6.05. The van der Waals surface area contributed by atoms with E-state index in [1.165, 1.54) is 0 Å². The molecule has 0 unspecified atom stereocenters. The number of hydrogen-bond acceptors (Lipinski definition) is 6. The van der Waals surface area contributed by atoms with Gasteiger partial charge in [-0.05, 0) is 119 Å². The topological polar surface area (TPSA) is 94.3 Å². The Bertz CT molecular complexity index is 2750. The second-order valence-corrected chi connectivity index (χ2v) is 15.0. The molecule has 0 saturated heterocycles. The van der Waals surface area contributed by atoms with Crippen LogP contribution in [-0.2, 0) is 0 Å². The summed E-state index contributed by atoms with van der Waals surface area (Å²) in [5, 5.41) is 0. The van der Waals surface area contributed by atoms with Crippen molar-refractivity contribution >= 4 is 46.4 Å². The van der Waals surface area contributed by atoms with E-state index in [-0.39, 0.29) is 0 Å². The summed E-state index contributed by atoms with van der Waals surface area (Å²) in [4.78, 5) is 18.5. The van der Waals surface area contributed by atoms with E-state index >= 15 is 0 Å². The lowest BCUT2D eigenvalue weighted by Crippen LogP contribution is -1.94. The Kier molecular flexibility index (Phi) is 12.0. The molecule has 0 aliphatic carbocycles. The van der Waals surface area contributed by atoms with Crippen LogP contribution in [0.5, 0.6) is 23.0 Å². The minimum Gasteiger partial charge on any atom is -0.490 e. The van der Waals surface area contributed by atoms with Crippen LogP contribution < -0.4 is 18.9 Å². The largest absolute Gasteiger partial charge is 0.490 e. The number of aromatic nitrogens is 4. The maximum atomic E-state index is 6.05. The van der Waals surface area contributed by atoms with Crippen molar-refractivity contribution in [2.75, 3.05) is 26.4 Å². The van der Waals surface area contributed by atoms with E-state index in [2.05, 4.69) is 109 Å². The Morgan fingerprint density at radius 3 is 0.844 bits per heavy atom. The van der Waals surface area contributed by atoms with Crippen molar-refractivity contribution in [1.29, 1.82) is 0 Å². The Hall–Kier alpha value is -8.36. The molecule has 9 rings (SSSR count). The van der Waals surface area contributed by atoms with Crippen LogP contribution in [0.3, 0.4) is 0 Å². The van der Waals surface area contributed by atoms with Gasteiger partial charge in [-0.1, -0.05) is 99.2 Å². The first kappa shape index (κ1) is 41.0. The summed E-state index contributed by atoms with van der Waals surface area (Å²) in [6.07, 6.45) is 15.3. The zero-order valence-corrected chi connectivity index (χ0v) is 35.4. The van der Waals surface area contributed by atoms with Crippen LogP contribution in [0.2, 0.25) is 0 Å². The fourth-order valence-corrected chi connectivity index (χ4v) is 8.01. The number of ether oxygens (including phenoxy) is 4. The molecule has 8 nitrogen and oxygen atoms in total. The lowest BCUT2D eigenvalue weighted by Gasteiger charge is -2.10. The zero-order chi connectivity index (χ0) is 43.8. The Morgan fingerprint density at radius 1 is 0.359 bits per heavy atom. The SMILES string of the molecule is C=CCOc1cccc(-c2c3nc(c(-c4cccc(OCC=C)c4)c4ccc([nH]4)c(-c4cccc(OCC=C)c4)c4nc(c(-c5cccc(OCC=C)c5)c5ccc2[nH]5)C=C4)C=C3)c1. The van der Waals surface area contributed by atoms with Crippen LogP contribution in [0.1, 0.15) is 22.8 Å². The van der Waals surface area contributed by atoms with Crippen molar-refractivity contribution in [2.24, 2.45) is 0 Å². The van der Waals surface area contributed by atoms with Crippen LogP contribution in [-0.4, -0.2) is 46.4 Å². The molecule has 2 aliphatic rings. The lowest BCUT2D eigenvalue weighted by molar-refractivity contribution is 0.363. The molecule has 2 N–H and O–H groups in total. The van der Waals surface area contributed by atoms with Gasteiger partial charge in [-0.3, -0.25) is 0 Å². The average molecular weight is 839 g/mol. The van der Waals surface area contributed by atoms with Gasteiger partial charge in [-0.25, -0.2) is 9.97 Å². The van der Waals surface area contributed by atoms with Gasteiger partial charge in [0.2, 0.25) is 0 Å². The Labute approximate surface area is 372 Å². The fourth-order valence-electron chi connectivity index (χ4n) is 8.01. The summed E-state index contributed by atoms with van der Waals surface area (Å²) in [6, 6.07) is 40.7. The van der Waals surface area contributed by atoms with Gasteiger partial charge in [0.1, 0.15) is 49.4 Å². The van der Waals surface area contributed by atoms with Gasteiger partial charge in [-0.15, -0.1) is 0 Å². The molecule has 64 heavy (non-hydrogen) atoms. The Morgan fingerprint density at radius 2 is 0.609 bits per heavy atom. The molecule has 2 aliphatic heterocycles. The van der Waals surface area contributed by atoms with Gasteiger partial charge in [0, 0.05) is 44.3 Å². The molecule has 8 heteroatoms. The number of benzene rings is 4. The van der Waals surface area contributed by atoms with Gasteiger partial charge in [0.15, 0.2) is 0 Å². The van der Waals surface area contributed by atoms with Gasteiger partial charge in [0.25, 0.3) is 0 Å². The van der Waals surface area contributed by atoms with Crippen molar-refractivity contribution in [3.05, 3.63) is 195 Å². The maximum Gasteiger partial charge on any atom is 0.120 e. The molecule has 314 valence electrons. The second-order valence-electron chi connectivity index (χ2n) is 15.0. The van der Waals surface area contributed by atoms with Crippen LogP contribution in [0.4, 0.5) is 0 Å². The fraction of sp³-hybridized carbons (Fsp3) is 0.0714. The predicted octanol–water partition coefficient (Wildman–Crippen LogP) is 13.6. The molecule has 0 spiro atoms. The van der Waals surface area contributed by atoms with Crippen LogP contribution in [0, 0.1) is 0 Å². The highest BCUT2D eigenvalue weighted by molar-refractivity contribution is 6.00. The van der Waals surface area contributed by atoms with E-state index in [0.29, 0.717) is 26.4 Å². The van der Waals surface area contributed by atoms with E-state index in [4.69, 9.17) is 28.9 Å². The van der Waals surface area contributed by atoms with E-state index < -0.39 is 0 Å². The van der Waals surface area contributed by atoms with Crippen molar-refractivity contribution in [2.45, 2.75) is 0 Å². The summed E-state index contributed by atoms with van der Waals surface area (Å²) in [7, 11) is 0. The highest BCUT2D eigenvalue weighted by Crippen LogP contribution is 2.40. The molecule has 4 aromatic carbocycles. The van der Waals surface area contributed by atoms with E-state index in [0.717, 1.165) is 112 Å². The quantitative estimate of drug-likeness (QED) is 0.0941. The molecular weight excluding hydrogens is 793 g/mol. The number of aromatic amines is 2. The van der Waals surface area contributed by atoms with Crippen molar-refractivity contribution < 1.29 is 18.9 Å². The normalized spacial score (nSPS) is 11.5. The van der Waals surface area contributed by atoms with E-state index in [9.17, 15) is 0 Å². The number of fused-ring (bicyclic) bond motifs is 8. The molecule has 3 aromatic heterocycles. The van der Waals surface area contributed by atoms with Crippen molar-refractivity contribution in [3.8, 4) is 67.5 Å². The summed E-state index contributed by atoms with van der Waals surface area (Å²) in [6.45, 7) is 16.9. The third-order valence-corrected chi connectivity index (χ3v) is 10.7. The van der Waals surface area contributed by atoms with Crippen molar-refractivity contribution in [3.63, 3.8) is 0 Å². The first-order valence-corrected chi connectivity index (χ1v) is 21.1. The molecule has 0 atom stereocenters. The molecule has 7 aromatic rings. The lowest BCUT2D eigenvalue weighted by atomic mass is 10.0. The molecule has 0 radical (unpaired) electrons. The van der Waals surface area contributed by atoms with Crippen LogP contribution in [0.15, 0.2) is 172 Å². The van der Waals surface area contributed by atoms with Crippen LogP contribution in [0.25, 0.3) is 90.9 Å². The monoisotopic (exact) mass is 838 g/mol. The first-order chi connectivity index (χ1) is 31.5. The standard InChI is InChI=1S/C56H46N4O4/c1-5-29-61-41-17-9-13-37(33-41)53-45-21-23-47(57-45)54(38-14-10-18-42(34-38)62-30-6-2)49-25-27-51(59-49)56(40-16-12-20-44(36-40)64-32-8-4)52-28-26-50(60-52)55(48-24-22-46(53)58-48)39-15-11-19-43(35-39)63-31-7-3/h5-28,33-36,57,60H,1-4,29-32H2. The molecule has 5 heterocycles. The second kappa shape index (κ2) is 18.7. The van der Waals surface area contributed by atoms with E-state index in [1.54, 1.807) is 24.3 Å². The Balaban J connectivity index is 1.42. The van der Waals surface area contributed by atoms with E-state index in [1.807, 2.05) is 72.8 Å². The van der Waals surface area contributed by atoms with Gasteiger partial charge < -0.3 is 28.9 Å². The summed E-state index contributed by atoms with van der Waals surface area (Å²) < 4.78 is 24.2. The minimum atomic E-state index is 0.381. The third-order valence-electron chi connectivity index (χ3n) is 10.7. The van der Waals surface area contributed by atoms with Crippen molar-refractivity contribution in [1.82, 2.24) is 19.9 Å². The molecule has 0 amide bonds. The average Bonchev–Trinajstić information content (AvgIpc) is 4.18. The number of nitrogens with one attached hydrogen (secondary N) is 2. The third kappa shape index (κ3) is 8.58. The summed E-state index contributed by atoms with van der Waals surface area (Å²) >= 11 is 0. The minimum absolute atomic E-state index is 0.381. The zero-order valence-electron chi connectivity index (χ0n) is 35.4. The smallest absolute Gasteiger partial charge is 0.120 e. The number of H-pyrrole nitrogens is 2.